The van der Waals surface area contributed by atoms with E-state index in [1.54, 1.807) is 12.3 Å². The summed E-state index contributed by atoms with van der Waals surface area (Å²) in [6, 6.07) is 13.6. The Balaban J connectivity index is 1.65. The van der Waals surface area contributed by atoms with Gasteiger partial charge in [0.1, 0.15) is 0 Å². The third kappa shape index (κ3) is 4.50. The molecule has 2 aromatic rings. The fourth-order valence-corrected chi connectivity index (χ4v) is 2.77. The van der Waals surface area contributed by atoms with Crippen molar-refractivity contribution in [2.45, 2.75) is 19.4 Å². The molecule has 1 fully saturated rings. The predicted molar refractivity (Wildman–Crippen MR) is 92.9 cm³/mol. The number of para-hydroxylation sites is 1. The Morgan fingerprint density at radius 3 is 2.70 bits per heavy atom. The molecule has 0 aliphatic carbocycles. The first-order chi connectivity index (χ1) is 11.3. The summed E-state index contributed by atoms with van der Waals surface area (Å²) in [5, 5.41) is 2.97. The van der Waals surface area contributed by atoms with E-state index >= 15 is 0 Å². The SMILES string of the molecule is O=C(C=Cc1ccccn1)Nc1ccccc1CN1CCCC1. The van der Waals surface area contributed by atoms with E-state index in [1.165, 1.54) is 18.9 Å². The standard InChI is InChI=1S/C19H21N3O/c23-19(11-10-17-8-3-4-12-20-17)21-18-9-2-1-7-16(18)15-22-13-5-6-14-22/h1-4,7-12H,5-6,13-15H2,(H,21,23). The van der Waals surface area contributed by atoms with Gasteiger partial charge < -0.3 is 5.32 Å². The molecule has 1 aromatic heterocycles. The van der Waals surface area contributed by atoms with Crippen LogP contribution in [0.3, 0.4) is 0 Å². The second-order valence-electron chi connectivity index (χ2n) is 5.72. The summed E-state index contributed by atoms with van der Waals surface area (Å²) in [6.45, 7) is 3.17. The van der Waals surface area contributed by atoms with Crippen molar-refractivity contribution in [3.8, 4) is 0 Å². The van der Waals surface area contributed by atoms with Gasteiger partial charge in [0.25, 0.3) is 0 Å². The zero-order valence-electron chi connectivity index (χ0n) is 13.1. The quantitative estimate of drug-likeness (QED) is 0.862. The maximum atomic E-state index is 12.1. The smallest absolute Gasteiger partial charge is 0.248 e. The number of amides is 1. The number of nitrogens with zero attached hydrogens (tertiary/aromatic N) is 2. The Hall–Kier alpha value is -2.46. The second-order valence-corrected chi connectivity index (χ2v) is 5.72. The number of likely N-dealkylation sites (tertiary alicyclic amines) is 1. The first-order valence-electron chi connectivity index (χ1n) is 8.01. The Morgan fingerprint density at radius 1 is 1.13 bits per heavy atom. The lowest BCUT2D eigenvalue weighted by Crippen LogP contribution is -2.20. The Morgan fingerprint density at radius 2 is 1.91 bits per heavy atom. The van der Waals surface area contributed by atoms with Crippen molar-refractivity contribution < 1.29 is 4.79 Å². The van der Waals surface area contributed by atoms with E-state index in [-0.39, 0.29) is 5.91 Å². The molecule has 1 amide bonds. The summed E-state index contributed by atoms with van der Waals surface area (Å²) in [5.41, 5.74) is 2.82. The normalized spacial score (nSPS) is 15.1. The van der Waals surface area contributed by atoms with Gasteiger partial charge in [0.2, 0.25) is 5.91 Å². The molecule has 0 spiro atoms. The van der Waals surface area contributed by atoms with Gasteiger partial charge in [-0.25, -0.2) is 0 Å². The molecular formula is C19H21N3O. The molecular weight excluding hydrogens is 286 g/mol. The number of pyridine rings is 1. The van der Waals surface area contributed by atoms with Gasteiger partial charge in [-0.1, -0.05) is 24.3 Å². The first-order valence-corrected chi connectivity index (χ1v) is 8.01. The maximum Gasteiger partial charge on any atom is 0.248 e. The number of carbonyl (C=O) groups excluding carboxylic acids is 1. The molecule has 118 valence electrons. The highest BCUT2D eigenvalue weighted by molar-refractivity contribution is 6.02. The number of carbonyl (C=O) groups is 1. The molecule has 0 atom stereocenters. The van der Waals surface area contributed by atoms with Crippen molar-refractivity contribution in [1.82, 2.24) is 9.88 Å². The van der Waals surface area contributed by atoms with Gasteiger partial charge in [-0.2, -0.15) is 0 Å². The van der Waals surface area contributed by atoms with E-state index in [0.29, 0.717) is 0 Å². The molecule has 0 unspecified atom stereocenters. The molecule has 1 aliphatic rings. The Labute approximate surface area is 136 Å². The number of anilines is 1. The highest BCUT2D eigenvalue weighted by Crippen LogP contribution is 2.20. The van der Waals surface area contributed by atoms with E-state index in [4.69, 9.17) is 0 Å². The molecule has 1 aromatic carbocycles. The molecule has 3 rings (SSSR count). The highest BCUT2D eigenvalue weighted by Gasteiger charge is 2.13. The monoisotopic (exact) mass is 307 g/mol. The van der Waals surface area contributed by atoms with Gasteiger partial charge in [-0.15, -0.1) is 0 Å². The molecule has 4 heteroatoms. The zero-order chi connectivity index (χ0) is 15.9. The van der Waals surface area contributed by atoms with Crippen molar-refractivity contribution in [2.24, 2.45) is 0 Å². The van der Waals surface area contributed by atoms with Crippen LogP contribution in [0.4, 0.5) is 5.69 Å². The van der Waals surface area contributed by atoms with Crippen molar-refractivity contribution in [1.29, 1.82) is 0 Å². The Kier molecular flexibility index (Phi) is 5.17. The number of hydrogen-bond donors (Lipinski definition) is 1. The van der Waals surface area contributed by atoms with Gasteiger partial charge in [0, 0.05) is 24.5 Å². The van der Waals surface area contributed by atoms with Crippen molar-refractivity contribution in [3.63, 3.8) is 0 Å². The summed E-state index contributed by atoms with van der Waals surface area (Å²) in [5.74, 6) is -0.135. The summed E-state index contributed by atoms with van der Waals surface area (Å²) in [7, 11) is 0. The molecule has 4 nitrogen and oxygen atoms in total. The van der Waals surface area contributed by atoms with E-state index in [2.05, 4.69) is 21.3 Å². The average Bonchev–Trinajstić information content (AvgIpc) is 3.09. The number of hydrogen-bond acceptors (Lipinski definition) is 3. The molecule has 1 aliphatic heterocycles. The van der Waals surface area contributed by atoms with Crippen LogP contribution < -0.4 is 5.32 Å². The topological polar surface area (TPSA) is 45.2 Å². The number of rotatable bonds is 5. The zero-order valence-corrected chi connectivity index (χ0v) is 13.1. The second kappa shape index (κ2) is 7.70. The summed E-state index contributed by atoms with van der Waals surface area (Å²) >= 11 is 0. The van der Waals surface area contributed by atoms with Crippen LogP contribution in [0, 0.1) is 0 Å². The van der Waals surface area contributed by atoms with E-state index in [0.717, 1.165) is 36.6 Å². The van der Waals surface area contributed by atoms with Crippen LogP contribution in [0.2, 0.25) is 0 Å². The number of aromatic nitrogens is 1. The van der Waals surface area contributed by atoms with Gasteiger partial charge in [-0.05, 0) is 55.8 Å². The molecule has 0 bridgehead atoms. The molecule has 23 heavy (non-hydrogen) atoms. The minimum Gasteiger partial charge on any atom is -0.322 e. The van der Waals surface area contributed by atoms with Crippen LogP contribution in [-0.4, -0.2) is 28.9 Å². The average molecular weight is 307 g/mol. The van der Waals surface area contributed by atoms with Crippen LogP contribution in [0.5, 0.6) is 0 Å². The summed E-state index contributed by atoms with van der Waals surface area (Å²) < 4.78 is 0. The van der Waals surface area contributed by atoms with Crippen molar-refractivity contribution >= 4 is 17.7 Å². The minimum absolute atomic E-state index is 0.135. The third-order valence-electron chi connectivity index (χ3n) is 3.96. The molecule has 2 heterocycles. The highest BCUT2D eigenvalue weighted by atomic mass is 16.1. The third-order valence-corrected chi connectivity index (χ3v) is 3.96. The minimum atomic E-state index is -0.135. The fourth-order valence-electron chi connectivity index (χ4n) is 2.77. The lowest BCUT2D eigenvalue weighted by atomic mass is 10.1. The molecule has 0 radical (unpaired) electrons. The summed E-state index contributed by atoms with van der Waals surface area (Å²) in [4.78, 5) is 18.7. The largest absolute Gasteiger partial charge is 0.322 e. The van der Waals surface area contributed by atoms with Crippen LogP contribution >= 0.6 is 0 Å². The molecule has 0 saturated carbocycles. The van der Waals surface area contributed by atoms with E-state index in [1.807, 2.05) is 36.4 Å². The van der Waals surface area contributed by atoms with Crippen LogP contribution in [0.25, 0.3) is 6.08 Å². The van der Waals surface area contributed by atoms with E-state index in [9.17, 15) is 4.79 Å². The van der Waals surface area contributed by atoms with Crippen LogP contribution in [-0.2, 0) is 11.3 Å². The predicted octanol–water partition coefficient (Wildman–Crippen LogP) is 3.33. The molecule has 1 N–H and O–H groups in total. The fraction of sp³-hybridized carbons (Fsp3) is 0.263. The van der Waals surface area contributed by atoms with Crippen LogP contribution in [0.15, 0.2) is 54.7 Å². The summed E-state index contributed by atoms with van der Waals surface area (Å²) in [6.07, 6.45) is 7.49. The van der Waals surface area contributed by atoms with Gasteiger partial charge in [0.15, 0.2) is 0 Å². The lowest BCUT2D eigenvalue weighted by molar-refractivity contribution is -0.111. The van der Waals surface area contributed by atoms with Gasteiger partial charge >= 0.3 is 0 Å². The number of nitrogens with one attached hydrogen (secondary N) is 1. The van der Waals surface area contributed by atoms with Gasteiger partial charge in [0.05, 0.1) is 5.69 Å². The van der Waals surface area contributed by atoms with Crippen molar-refractivity contribution in [3.05, 3.63) is 66.0 Å². The molecule has 1 saturated heterocycles. The lowest BCUT2D eigenvalue weighted by Gasteiger charge is -2.17. The Bertz CT molecular complexity index is 676. The van der Waals surface area contributed by atoms with Crippen LogP contribution in [0.1, 0.15) is 24.1 Å². The maximum absolute atomic E-state index is 12.1. The van der Waals surface area contributed by atoms with E-state index < -0.39 is 0 Å². The first kappa shape index (κ1) is 15.4. The number of benzene rings is 1. The van der Waals surface area contributed by atoms with Gasteiger partial charge in [-0.3, -0.25) is 14.7 Å². The van der Waals surface area contributed by atoms with Crippen molar-refractivity contribution in [2.75, 3.05) is 18.4 Å².